The van der Waals surface area contributed by atoms with Gasteiger partial charge in [0.2, 0.25) is 0 Å². The number of hydrogen-bond acceptors (Lipinski definition) is 3. The molecule has 0 aliphatic carbocycles. The number of carbonyl (C=O) groups is 2. The highest BCUT2D eigenvalue weighted by atomic mass is 16.1. The van der Waals surface area contributed by atoms with Crippen LogP contribution in [0.5, 0.6) is 0 Å². The van der Waals surface area contributed by atoms with Gasteiger partial charge in [0.15, 0.2) is 5.78 Å². The largest absolute Gasteiger partial charge is 0.352 e. The maximum absolute atomic E-state index is 13.0. The van der Waals surface area contributed by atoms with E-state index in [0.29, 0.717) is 30.5 Å². The molecule has 0 spiro atoms. The summed E-state index contributed by atoms with van der Waals surface area (Å²) in [5.74, 6) is 0.0913. The average Bonchev–Trinajstić information content (AvgIpc) is 2.89. The summed E-state index contributed by atoms with van der Waals surface area (Å²) in [7, 11) is 0. The van der Waals surface area contributed by atoms with Crippen molar-refractivity contribution in [3.63, 3.8) is 0 Å². The number of aromatic nitrogens is 1. The van der Waals surface area contributed by atoms with Gasteiger partial charge in [-0.05, 0) is 65.8 Å². The molecule has 1 aromatic heterocycles. The third kappa shape index (κ3) is 5.83. The highest BCUT2D eigenvalue weighted by molar-refractivity contribution is 6.02. The number of ketones is 1. The predicted molar refractivity (Wildman–Crippen MR) is 143 cm³/mol. The number of fused-ring (bicyclic) bond motifs is 1. The van der Waals surface area contributed by atoms with Gasteiger partial charge in [0.1, 0.15) is 0 Å². The molecule has 0 bridgehead atoms. The van der Waals surface area contributed by atoms with Crippen LogP contribution in [0.25, 0.3) is 22.0 Å². The molecule has 0 saturated carbocycles. The lowest BCUT2D eigenvalue weighted by molar-refractivity contribution is 0.0951. The van der Waals surface area contributed by atoms with Gasteiger partial charge in [0.25, 0.3) is 5.91 Å². The molecule has 178 valence electrons. The van der Waals surface area contributed by atoms with Crippen LogP contribution in [0.15, 0.2) is 79.0 Å². The second-order valence-corrected chi connectivity index (χ2v) is 8.90. The van der Waals surface area contributed by atoms with Gasteiger partial charge in [0.05, 0.1) is 5.52 Å². The van der Waals surface area contributed by atoms with Crippen molar-refractivity contribution in [2.24, 2.45) is 0 Å². The predicted octanol–water partition coefficient (Wildman–Crippen LogP) is 7.01. The molecule has 0 radical (unpaired) electrons. The Morgan fingerprint density at radius 1 is 0.857 bits per heavy atom. The fourth-order valence-corrected chi connectivity index (χ4v) is 4.31. The number of nitrogens with zero attached hydrogens (tertiary/aromatic N) is 1. The first kappa shape index (κ1) is 24.3. The van der Waals surface area contributed by atoms with Crippen molar-refractivity contribution in [2.75, 3.05) is 6.54 Å². The molecule has 0 aliphatic heterocycles. The minimum atomic E-state index is -0.0445. The molecule has 1 amide bonds. The van der Waals surface area contributed by atoms with E-state index in [4.69, 9.17) is 0 Å². The number of benzene rings is 3. The minimum absolute atomic E-state index is 0.0445. The van der Waals surface area contributed by atoms with E-state index in [9.17, 15) is 9.59 Å². The summed E-state index contributed by atoms with van der Waals surface area (Å²) in [6.07, 6.45) is 5.75. The SMILES string of the molecule is CCCCNC(=O)c1ccc(-c2ccc3ncc(C(=O)CCC)c(Cc4ccccc4)c3c2)cc1. The third-order valence-corrected chi connectivity index (χ3v) is 6.28. The molecular formula is C31H32N2O2. The van der Waals surface area contributed by atoms with Gasteiger partial charge in [0, 0.05) is 35.7 Å². The number of amides is 1. The normalized spacial score (nSPS) is 10.9. The maximum atomic E-state index is 13.0. The fraction of sp³-hybridized carbons (Fsp3) is 0.258. The lowest BCUT2D eigenvalue weighted by atomic mass is 9.92. The topological polar surface area (TPSA) is 59.1 Å². The standard InChI is InChI=1S/C31H32N2O2/c1-3-5-18-32-31(35)24-14-12-23(13-15-24)25-16-17-29-27(20-25)26(19-22-10-7-6-8-11-22)28(21-33-29)30(34)9-4-2/h6-8,10-17,20-21H,3-5,9,18-19H2,1-2H3,(H,32,35). The molecule has 4 heteroatoms. The summed E-state index contributed by atoms with van der Waals surface area (Å²) < 4.78 is 0. The lowest BCUT2D eigenvalue weighted by Gasteiger charge is -2.14. The summed E-state index contributed by atoms with van der Waals surface area (Å²) in [4.78, 5) is 30.0. The Hall–Kier alpha value is -3.79. The van der Waals surface area contributed by atoms with Crippen LogP contribution in [0.3, 0.4) is 0 Å². The third-order valence-electron chi connectivity index (χ3n) is 6.28. The van der Waals surface area contributed by atoms with Crippen molar-refractivity contribution in [1.82, 2.24) is 10.3 Å². The summed E-state index contributed by atoms with van der Waals surface area (Å²) in [6.45, 7) is 4.82. The average molecular weight is 465 g/mol. The second kappa shape index (κ2) is 11.6. The molecule has 0 fully saturated rings. The molecule has 1 N–H and O–H groups in total. The Kier molecular flexibility index (Phi) is 8.04. The lowest BCUT2D eigenvalue weighted by Crippen LogP contribution is -2.24. The number of Topliss-reactive ketones (excluding diaryl/α,β-unsaturated/α-hetero) is 1. The van der Waals surface area contributed by atoms with E-state index in [1.807, 2.05) is 61.5 Å². The van der Waals surface area contributed by atoms with Gasteiger partial charge in [-0.3, -0.25) is 14.6 Å². The van der Waals surface area contributed by atoms with Crippen LogP contribution in [0.1, 0.15) is 71.4 Å². The van der Waals surface area contributed by atoms with Crippen molar-refractivity contribution in [1.29, 1.82) is 0 Å². The molecule has 4 rings (SSSR count). The Labute approximate surface area is 207 Å². The summed E-state index contributed by atoms with van der Waals surface area (Å²) in [5, 5.41) is 3.96. The van der Waals surface area contributed by atoms with Crippen molar-refractivity contribution < 1.29 is 9.59 Å². The zero-order chi connectivity index (χ0) is 24.6. The number of pyridine rings is 1. The van der Waals surface area contributed by atoms with Gasteiger partial charge in [-0.2, -0.15) is 0 Å². The van der Waals surface area contributed by atoms with Crippen LogP contribution in [0.4, 0.5) is 0 Å². The maximum Gasteiger partial charge on any atom is 0.251 e. The molecule has 0 aliphatic rings. The van der Waals surface area contributed by atoms with Gasteiger partial charge in [-0.1, -0.05) is 68.8 Å². The molecule has 4 aromatic rings. The Morgan fingerprint density at radius 3 is 2.31 bits per heavy atom. The van der Waals surface area contributed by atoms with E-state index in [-0.39, 0.29) is 11.7 Å². The first-order valence-electron chi connectivity index (χ1n) is 12.5. The quantitative estimate of drug-likeness (QED) is 0.203. The molecule has 4 nitrogen and oxygen atoms in total. The van der Waals surface area contributed by atoms with Crippen molar-refractivity contribution >= 4 is 22.6 Å². The molecular weight excluding hydrogens is 432 g/mol. The number of nitrogens with one attached hydrogen (secondary N) is 1. The highest BCUT2D eigenvalue weighted by Gasteiger charge is 2.16. The van der Waals surface area contributed by atoms with Crippen LogP contribution in [-0.2, 0) is 6.42 Å². The zero-order valence-corrected chi connectivity index (χ0v) is 20.5. The molecule has 0 unspecified atom stereocenters. The fourth-order valence-electron chi connectivity index (χ4n) is 4.31. The molecule has 0 atom stereocenters. The van der Waals surface area contributed by atoms with Gasteiger partial charge < -0.3 is 5.32 Å². The first-order chi connectivity index (χ1) is 17.1. The van der Waals surface area contributed by atoms with Gasteiger partial charge in [-0.25, -0.2) is 0 Å². The molecule has 1 heterocycles. The van der Waals surface area contributed by atoms with Crippen molar-refractivity contribution in [2.45, 2.75) is 46.0 Å². The minimum Gasteiger partial charge on any atom is -0.352 e. The van der Waals surface area contributed by atoms with E-state index in [1.165, 1.54) is 0 Å². The molecule has 3 aromatic carbocycles. The van der Waals surface area contributed by atoms with E-state index in [0.717, 1.165) is 52.4 Å². The molecule has 0 saturated heterocycles. The van der Waals surface area contributed by atoms with E-state index >= 15 is 0 Å². The van der Waals surface area contributed by atoms with Crippen LogP contribution in [0.2, 0.25) is 0 Å². The van der Waals surface area contributed by atoms with E-state index in [1.54, 1.807) is 6.20 Å². The smallest absolute Gasteiger partial charge is 0.251 e. The number of hydrogen-bond donors (Lipinski definition) is 1. The van der Waals surface area contributed by atoms with Crippen LogP contribution in [0, 0.1) is 0 Å². The first-order valence-corrected chi connectivity index (χ1v) is 12.5. The zero-order valence-electron chi connectivity index (χ0n) is 20.5. The number of unbranched alkanes of at least 4 members (excludes halogenated alkanes) is 1. The number of rotatable bonds is 10. The Balaban J connectivity index is 1.72. The highest BCUT2D eigenvalue weighted by Crippen LogP contribution is 2.30. The van der Waals surface area contributed by atoms with E-state index in [2.05, 4.69) is 35.4 Å². The van der Waals surface area contributed by atoms with Crippen molar-refractivity contribution in [3.8, 4) is 11.1 Å². The Morgan fingerprint density at radius 2 is 1.60 bits per heavy atom. The summed E-state index contributed by atoms with van der Waals surface area (Å²) >= 11 is 0. The molecule has 35 heavy (non-hydrogen) atoms. The number of carbonyl (C=O) groups excluding carboxylic acids is 2. The monoisotopic (exact) mass is 464 g/mol. The van der Waals surface area contributed by atoms with Crippen LogP contribution < -0.4 is 5.32 Å². The van der Waals surface area contributed by atoms with Crippen LogP contribution in [-0.4, -0.2) is 23.2 Å². The van der Waals surface area contributed by atoms with Gasteiger partial charge >= 0.3 is 0 Å². The van der Waals surface area contributed by atoms with Crippen molar-refractivity contribution in [3.05, 3.63) is 101 Å². The van der Waals surface area contributed by atoms with Crippen LogP contribution >= 0.6 is 0 Å². The second-order valence-electron chi connectivity index (χ2n) is 8.90. The summed E-state index contributed by atoms with van der Waals surface area (Å²) in [6, 6.07) is 24.1. The Bertz CT molecular complexity index is 1310. The summed E-state index contributed by atoms with van der Waals surface area (Å²) in [5.41, 5.74) is 6.48. The van der Waals surface area contributed by atoms with E-state index < -0.39 is 0 Å². The van der Waals surface area contributed by atoms with Gasteiger partial charge in [-0.15, -0.1) is 0 Å².